The Morgan fingerprint density at radius 2 is 2.06 bits per heavy atom. The predicted octanol–water partition coefficient (Wildman–Crippen LogP) is 4.11. The van der Waals surface area contributed by atoms with Crippen molar-refractivity contribution in [3.63, 3.8) is 0 Å². The van der Waals surface area contributed by atoms with Gasteiger partial charge in [-0.05, 0) is 30.9 Å². The molecule has 1 aromatic carbocycles. The van der Waals surface area contributed by atoms with Crippen LogP contribution in [0.5, 0.6) is 0 Å². The number of benzene rings is 1. The summed E-state index contributed by atoms with van der Waals surface area (Å²) in [6, 6.07) is 11.7. The molecular weight excluding hydrogens is 321 g/mol. The molecule has 1 aliphatic heterocycles. The molecule has 1 aliphatic rings. The van der Waals surface area contributed by atoms with Gasteiger partial charge in [-0.15, -0.1) is 0 Å². The zero-order chi connectivity index (χ0) is 12.1. The molecule has 0 saturated carbocycles. The molecule has 0 radical (unpaired) electrons. The molecule has 0 amide bonds. The Labute approximate surface area is 119 Å². The van der Waals surface area contributed by atoms with E-state index in [-0.39, 0.29) is 0 Å². The quantitative estimate of drug-likeness (QED) is 0.574. The van der Waals surface area contributed by atoms with Crippen LogP contribution in [-0.2, 0) is 6.54 Å². The van der Waals surface area contributed by atoms with Crippen LogP contribution in [0.25, 0.3) is 0 Å². The van der Waals surface area contributed by atoms with Gasteiger partial charge in [0.2, 0.25) is 0 Å². The second kappa shape index (κ2) is 6.74. The Kier molecular flexibility index (Phi) is 5.29. The fourth-order valence-electron chi connectivity index (χ4n) is 2.90. The van der Waals surface area contributed by atoms with Crippen molar-refractivity contribution >= 4 is 22.6 Å². The van der Waals surface area contributed by atoms with E-state index in [1.807, 2.05) is 0 Å². The first-order chi connectivity index (χ1) is 8.35. The molecule has 0 spiro atoms. The largest absolute Gasteiger partial charge is 0.296 e. The molecule has 1 aromatic rings. The molecule has 2 rings (SSSR count). The first kappa shape index (κ1) is 13.3. The van der Waals surface area contributed by atoms with Crippen molar-refractivity contribution in [1.29, 1.82) is 0 Å². The van der Waals surface area contributed by atoms with Crippen molar-refractivity contribution in [3.05, 3.63) is 35.9 Å². The highest BCUT2D eigenvalue weighted by Gasteiger charge is 2.32. The molecule has 1 nitrogen and oxygen atoms in total. The summed E-state index contributed by atoms with van der Waals surface area (Å²) in [7, 11) is 0. The highest BCUT2D eigenvalue weighted by molar-refractivity contribution is 14.1. The Balaban J connectivity index is 2.00. The van der Waals surface area contributed by atoms with E-state index in [2.05, 4.69) is 64.7 Å². The third-order valence-electron chi connectivity index (χ3n) is 3.81. The maximum absolute atomic E-state index is 2.70. The summed E-state index contributed by atoms with van der Waals surface area (Å²) >= 11 is 2.56. The lowest BCUT2D eigenvalue weighted by atomic mass is 9.98. The third kappa shape index (κ3) is 3.44. The van der Waals surface area contributed by atoms with Crippen molar-refractivity contribution in [2.45, 2.75) is 38.8 Å². The highest BCUT2D eigenvalue weighted by Crippen LogP contribution is 2.30. The molecule has 0 aliphatic carbocycles. The van der Waals surface area contributed by atoms with E-state index in [1.165, 1.54) is 35.8 Å². The molecule has 17 heavy (non-hydrogen) atoms. The Morgan fingerprint density at radius 1 is 1.29 bits per heavy atom. The van der Waals surface area contributed by atoms with Crippen LogP contribution in [0.2, 0.25) is 0 Å². The van der Waals surface area contributed by atoms with Crippen LogP contribution >= 0.6 is 22.6 Å². The number of alkyl halides is 1. The number of hydrogen-bond donors (Lipinski definition) is 0. The van der Waals surface area contributed by atoms with Crippen LogP contribution in [0.3, 0.4) is 0 Å². The van der Waals surface area contributed by atoms with Crippen molar-refractivity contribution in [1.82, 2.24) is 4.90 Å². The summed E-state index contributed by atoms with van der Waals surface area (Å²) in [6.07, 6.45) is 4.06. The van der Waals surface area contributed by atoms with Gasteiger partial charge in [-0.3, -0.25) is 4.90 Å². The first-order valence-corrected chi connectivity index (χ1v) is 8.21. The van der Waals surface area contributed by atoms with E-state index in [0.29, 0.717) is 0 Å². The van der Waals surface area contributed by atoms with Crippen LogP contribution in [-0.4, -0.2) is 21.9 Å². The molecule has 2 atom stereocenters. The van der Waals surface area contributed by atoms with Gasteiger partial charge in [-0.1, -0.05) is 66.3 Å². The van der Waals surface area contributed by atoms with Crippen molar-refractivity contribution in [3.8, 4) is 0 Å². The van der Waals surface area contributed by atoms with Gasteiger partial charge in [-0.2, -0.15) is 0 Å². The number of likely N-dealkylation sites (tertiary alicyclic amines) is 1. The van der Waals surface area contributed by atoms with E-state index < -0.39 is 0 Å². The lowest BCUT2D eigenvalue weighted by molar-refractivity contribution is 0.212. The lowest BCUT2D eigenvalue weighted by Gasteiger charge is -2.27. The topological polar surface area (TPSA) is 3.24 Å². The minimum atomic E-state index is 0.817. The van der Waals surface area contributed by atoms with E-state index >= 15 is 0 Å². The van der Waals surface area contributed by atoms with E-state index in [4.69, 9.17) is 0 Å². The maximum Gasteiger partial charge on any atom is 0.0236 e. The van der Waals surface area contributed by atoms with Gasteiger partial charge in [0.1, 0.15) is 0 Å². The molecule has 2 unspecified atom stereocenters. The molecule has 0 aromatic heterocycles. The van der Waals surface area contributed by atoms with Crippen LogP contribution < -0.4 is 0 Å². The molecule has 1 saturated heterocycles. The number of rotatable bonds is 5. The van der Waals surface area contributed by atoms with Gasteiger partial charge in [0.25, 0.3) is 0 Å². The summed E-state index contributed by atoms with van der Waals surface area (Å²) in [5.41, 5.74) is 1.46. The number of hydrogen-bond acceptors (Lipinski definition) is 1. The van der Waals surface area contributed by atoms with Gasteiger partial charge in [0.15, 0.2) is 0 Å². The zero-order valence-electron chi connectivity index (χ0n) is 10.6. The highest BCUT2D eigenvalue weighted by atomic mass is 127. The zero-order valence-corrected chi connectivity index (χ0v) is 12.8. The van der Waals surface area contributed by atoms with Crippen LogP contribution in [0, 0.1) is 5.92 Å². The van der Waals surface area contributed by atoms with Crippen LogP contribution in [0.15, 0.2) is 30.3 Å². The van der Waals surface area contributed by atoms with Crippen molar-refractivity contribution in [2.75, 3.05) is 11.0 Å². The minimum Gasteiger partial charge on any atom is -0.296 e. The van der Waals surface area contributed by atoms with Gasteiger partial charge in [0, 0.05) is 17.0 Å². The minimum absolute atomic E-state index is 0.817. The van der Waals surface area contributed by atoms with Crippen LogP contribution in [0.1, 0.15) is 31.7 Å². The molecule has 94 valence electrons. The smallest absolute Gasteiger partial charge is 0.0236 e. The van der Waals surface area contributed by atoms with Gasteiger partial charge < -0.3 is 0 Å². The van der Waals surface area contributed by atoms with E-state index in [0.717, 1.165) is 18.5 Å². The third-order valence-corrected chi connectivity index (χ3v) is 4.94. The van der Waals surface area contributed by atoms with Gasteiger partial charge in [0.05, 0.1) is 0 Å². The normalized spacial score (nSPS) is 25.3. The van der Waals surface area contributed by atoms with E-state index in [9.17, 15) is 0 Å². The molecule has 2 heteroatoms. The fraction of sp³-hybridized carbons (Fsp3) is 0.600. The molecule has 1 fully saturated rings. The number of nitrogens with zero attached hydrogens (tertiary/aromatic N) is 1. The monoisotopic (exact) mass is 343 g/mol. The molecular formula is C15H22IN. The Bertz CT molecular complexity index is 325. The second-order valence-electron chi connectivity index (χ2n) is 5.02. The average molecular weight is 343 g/mol. The summed E-state index contributed by atoms with van der Waals surface area (Å²) in [5, 5.41) is 0. The predicted molar refractivity (Wildman–Crippen MR) is 82.5 cm³/mol. The molecule has 0 N–H and O–H groups in total. The van der Waals surface area contributed by atoms with Gasteiger partial charge in [-0.25, -0.2) is 0 Å². The molecule has 1 heterocycles. The van der Waals surface area contributed by atoms with Crippen LogP contribution in [0.4, 0.5) is 0 Å². The Morgan fingerprint density at radius 3 is 2.71 bits per heavy atom. The fourth-order valence-corrected chi connectivity index (χ4v) is 3.92. The average Bonchev–Trinajstić information content (AvgIpc) is 2.74. The summed E-state index contributed by atoms with van der Waals surface area (Å²) in [6.45, 7) is 4.73. The SMILES string of the molecule is CCCC1C(CI)CCN1Cc1ccccc1. The number of halogens is 1. The first-order valence-electron chi connectivity index (χ1n) is 6.69. The van der Waals surface area contributed by atoms with Gasteiger partial charge >= 0.3 is 0 Å². The van der Waals surface area contributed by atoms with Crippen molar-refractivity contribution in [2.24, 2.45) is 5.92 Å². The van der Waals surface area contributed by atoms with E-state index in [1.54, 1.807) is 0 Å². The summed E-state index contributed by atoms with van der Waals surface area (Å²) in [5.74, 6) is 0.916. The summed E-state index contributed by atoms with van der Waals surface area (Å²) < 4.78 is 1.31. The lowest BCUT2D eigenvalue weighted by Crippen LogP contribution is -2.32. The standard InChI is InChI=1S/C15H22IN/c1-2-6-15-14(11-16)9-10-17(15)12-13-7-4-3-5-8-13/h3-5,7-8,14-15H,2,6,9-12H2,1H3. The molecule has 0 bridgehead atoms. The summed E-state index contributed by atoms with van der Waals surface area (Å²) in [4.78, 5) is 2.70. The Hall–Kier alpha value is -0.0900. The maximum atomic E-state index is 2.70. The second-order valence-corrected chi connectivity index (χ2v) is 5.90. The van der Waals surface area contributed by atoms with Crippen molar-refractivity contribution < 1.29 is 0 Å².